The molecule has 21 heavy (non-hydrogen) atoms. The molecule has 108 valence electrons. The zero-order valence-corrected chi connectivity index (χ0v) is 12.4. The van der Waals surface area contributed by atoms with Gasteiger partial charge in [0.25, 0.3) is 0 Å². The van der Waals surface area contributed by atoms with Gasteiger partial charge in [0.05, 0.1) is 6.42 Å². The average Bonchev–Trinajstić information content (AvgIpc) is 2.49. The number of amides is 1. The molecule has 0 heterocycles. The van der Waals surface area contributed by atoms with E-state index in [9.17, 15) is 9.18 Å². The molecule has 2 rings (SSSR count). The number of carbonyl (C=O) groups excluding carboxylic acids is 1. The first kappa shape index (κ1) is 15.1. The third kappa shape index (κ3) is 3.64. The molecule has 0 bridgehead atoms. The van der Waals surface area contributed by atoms with Crippen LogP contribution in [0.4, 0.5) is 10.1 Å². The molecular weight excluding hydrogens is 287 g/mol. The quantitative estimate of drug-likeness (QED) is 0.883. The molecule has 0 fully saturated rings. The number of hydrogen-bond donors (Lipinski definition) is 1. The molecule has 0 atom stereocenters. The van der Waals surface area contributed by atoms with Crippen LogP contribution in [0.3, 0.4) is 0 Å². The number of halogens is 1. The number of nitrogens with zero attached hydrogens (tertiary/aromatic N) is 1. The van der Waals surface area contributed by atoms with E-state index in [4.69, 9.17) is 18.0 Å². The molecule has 2 aromatic rings. The summed E-state index contributed by atoms with van der Waals surface area (Å²) in [6.07, 6.45) is 0.0141. The number of rotatable bonds is 4. The Kier molecular flexibility index (Phi) is 4.65. The Bertz CT molecular complexity index is 670. The monoisotopic (exact) mass is 302 g/mol. The van der Waals surface area contributed by atoms with Crippen molar-refractivity contribution in [3.63, 3.8) is 0 Å². The first-order valence-corrected chi connectivity index (χ1v) is 6.79. The van der Waals surface area contributed by atoms with Gasteiger partial charge in [0.15, 0.2) is 0 Å². The first-order valence-electron chi connectivity index (χ1n) is 6.39. The van der Waals surface area contributed by atoms with Gasteiger partial charge in [0, 0.05) is 18.3 Å². The number of anilines is 1. The van der Waals surface area contributed by atoms with Crippen molar-refractivity contribution in [2.24, 2.45) is 5.73 Å². The van der Waals surface area contributed by atoms with Gasteiger partial charge >= 0.3 is 0 Å². The number of thiocarbonyl (C=S) groups is 1. The first-order chi connectivity index (χ1) is 9.99. The van der Waals surface area contributed by atoms with Crippen molar-refractivity contribution in [1.29, 1.82) is 0 Å². The SMILES string of the molecule is CN(C(=O)Cc1ccccc1F)c1ccc(C(N)=S)cc1. The zero-order chi connectivity index (χ0) is 15.4. The fourth-order valence-electron chi connectivity index (χ4n) is 1.92. The highest BCUT2D eigenvalue weighted by Crippen LogP contribution is 2.16. The molecule has 3 nitrogen and oxygen atoms in total. The van der Waals surface area contributed by atoms with E-state index >= 15 is 0 Å². The second-order valence-corrected chi connectivity index (χ2v) is 5.07. The van der Waals surface area contributed by atoms with Crippen LogP contribution in [0.5, 0.6) is 0 Å². The summed E-state index contributed by atoms with van der Waals surface area (Å²) in [6.45, 7) is 0. The highest BCUT2D eigenvalue weighted by molar-refractivity contribution is 7.80. The van der Waals surface area contributed by atoms with Gasteiger partial charge in [0.2, 0.25) is 5.91 Å². The van der Waals surface area contributed by atoms with E-state index in [1.807, 2.05) is 0 Å². The van der Waals surface area contributed by atoms with E-state index in [2.05, 4.69) is 0 Å². The predicted molar refractivity (Wildman–Crippen MR) is 85.8 cm³/mol. The Labute approximate surface area is 128 Å². The lowest BCUT2D eigenvalue weighted by Gasteiger charge is -2.18. The highest BCUT2D eigenvalue weighted by atomic mass is 32.1. The van der Waals surface area contributed by atoms with E-state index in [0.29, 0.717) is 16.2 Å². The largest absolute Gasteiger partial charge is 0.389 e. The molecule has 0 radical (unpaired) electrons. The summed E-state index contributed by atoms with van der Waals surface area (Å²) in [5.41, 5.74) is 7.36. The van der Waals surface area contributed by atoms with Crippen LogP contribution in [0.1, 0.15) is 11.1 Å². The van der Waals surface area contributed by atoms with Crippen molar-refractivity contribution in [3.8, 4) is 0 Å². The van der Waals surface area contributed by atoms with Crippen LogP contribution >= 0.6 is 12.2 Å². The molecule has 0 aliphatic carbocycles. The van der Waals surface area contributed by atoms with Crippen LogP contribution in [0.25, 0.3) is 0 Å². The number of hydrogen-bond acceptors (Lipinski definition) is 2. The second kappa shape index (κ2) is 6.45. The van der Waals surface area contributed by atoms with Gasteiger partial charge in [-0.15, -0.1) is 0 Å². The Hall–Kier alpha value is -2.27. The molecule has 0 saturated heterocycles. The van der Waals surface area contributed by atoms with Gasteiger partial charge in [-0.1, -0.05) is 30.4 Å². The molecule has 0 unspecified atom stereocenters. The summed E-state index contributed by atoms with van der Waals surface area (Å²) in [6, 6.07) is 13.3. The molecule has 0 aliphatic rings. The third-order valence-electron chi connectivity index (χ3n) is 3.21. The van der Waals surface area contributed by atoms with E-state index in [0.717, 1.165) is 5.56 Å². The maximum Gasteiger partial charge on any atom is 0.231 e. The normalized spacial score (nSPS) is 10.2. The van der Waals surface area contributed by atoms with Crippen molar-refractivity contribution in [1.82, 2.24) is 0 Å². The Morgan fingerprint density at radius 3 is 2.38 bits per heavy atom. The number of benzene rings is 2. The fourth-order valence-corrected chi connectivity index (χ4v) is 2.05. The Morgan fingerprint density at radius 2 is 1.81 bits per heavy atom. The molecule has 2 N–H and O–H groups in total. The average molecular weight is 302 g/mol. The number of likely N-dealkylation sites (N-methyl/N-ethyl adjacent to an activating group) is 1. The van der Waals surface area contributed by atoms with E-state index < -0.39 is 0 Å². The molecule has 5 heteroatoms. The fraction of sp³-hybridized carbons (Fsp3) is 0.125. The van der Waals surface area contributed by atoms with Crippen LogP contribution in [-0.2, 0) is 11.2 Å². The third-order valence-corrected chi connectivity index (χ3v) is 3.45. The van der Waals surface area contributed by atoms with Crippen LogP contribution in [0, 0.1) is 5.82 Å². The van der Waals surface area contributed by atoms with Gasteiger partial charge in [0.1, 0.15) is 10.8 Å². The van der Waals surface area contributed by atoms with E-state index in [1.165, 1.54) is 11.0 Å². The predicted octanol–water partition coefficient (Wildman–Crippen LogP) is 2.67. The summed E-state index contributed by atoms with van der Waals surface area (Å²) in [7, 11) is 1.65. The number of carbonyl (C=O) groups is 1. The molecule has 0 aliphatic heterocycles. The maximum atomic E-state index is 13.6. The van der Waals surface area contributed by atoms with Crippen LogP contribution in [0.15, 0.2) is 48.5 Å². The Morgan fingerprint density at radius 1 is 1.19 bits per heavy atom. The van der Waals surface area contributed by atoms with Crippen molar-refractivity contribution < 1.29 is 9.18 Å². The standard InChI is InChI=1S/C16H15FN2OS/c1-19(13-8-6-11(7-9-13)16(18)21)15(20)10-12-4-2-3-5-14(12)17/h2-9H,10H2,1H3,(H2,18,21). The Balaban J connectivity index is 2.12. The van der Waals surface area contributed by atoms with Crippen molar-refractivity contribution in [2.45, 2.75) is 6.42 Å². The van der Waals surface area contributed by atoms with Crippen LogP contribution < -0.4 is 10.6 Å². The zero-order valence-electron chi connectivity index (χ0n) is 11.5. The molecule has 0 spiro atoms. The van der Waals surface area contributed by atoms with Crippen molar-refractivity contribution in [3.05, 3.63) is 65.5 Å². The lowest BCUT2D eigenvalue weighted by molar-refractivity contribution is -0.117. The van der Waals surface area contributed by atoms with E-state index in [1.54, 1.807) is 49.5 Å². The molecule has 0 aromatic heterocycles. The van der Waals surface area contributed by atoms with Crippen LogP contribution in [0.2, 0.25) is 0 Å². The highest BCUT2D eigenvalue weighted by Gasteiger charge is 2.13. The molecule has 0 saturated carbocycles. The van der Waals surface area contributed by atoms with Crippen molar-refractivity contribution in [2.75, 3.05) is 11.9 Å². The van der Waals surface area contributed by atoms with Gasteiger partial charge in [-0.05, 0) is 35.9 Å². The van der Waals surface area contributed by atoms with Crippen molar-refractivity contribution >= 4 is 28.8 Å². The lowest BCUT2D eigenvalue weighted by atomic mass is 10.1. The number of nitrogens with two attached hydrogens (primary N) is 1. The van der Waals surface area contributed by atoms with Gasteiger partial charge in [-0.2, -0.15) is 0 Å². The van der Waals surface area contributed by atoms with Crippen LogP contribution in [-0.4, -0.2) is 17.9 Å². The lowest BCUT2D eigenvalue weighted by Crippen LogP contribution is -2.28. The summed E-state index contributed by atoms with van der Waals surface area (Å²) in [4.78, 5) is 14.0. The molecule has 2 aromatic carbocycles. The minimum atomic E-state index is -0.372. The minimum absolute atomic E-state index is 0.0141. The minimum Gasteiger partial charge on any atom is -0.389 e. The van der Waals surface area contributed by atoms with Gasteiger partial charge < -0.3 is 10.6 Å². The molecule has 1 amide bonds. The van der Waals surface area contributed by atoms with Gasteiger partial charge in [-0.25, -0.2) is 4.39 Å². The van der Waals surface area contributed by atoms with E-state index in [-0.39, 0.29) is 18.1 Å². The maximum absolute atomic E-state index is 13.6. The summed E-state index contributed by atoms with van der Waals surface area (Å²) in [5.74, 6) is -0.564. The summed E-state index contributed by atoms with van der Waals surface area (Å²) >= 11 is 4.88. The summed E-state index contributed by atoms with van der Waals surface area (Å²) < 4.78 is 13.6. The topological polar surface area (TPSA) is 46.3 Å². The second-order valence-electron chi connectivity index (χ2n) is 4.63. The smallest absolute Gasteiger partial charge is 0.231 e. The summed E-state index contributed by atoms with van der Waals surface area (Å²) in [5, 5.41) is 0. The molecular formula is C16H15FN2OS. The van der Waals surface area contributed by atoms with Gasteiger partial charge in [-0.3, -0.25) is 4.79 Å².